The Bertz CT molecular complexity index is 880. The lowest BCUT2D eigenvalue weighted by molar-refractivity contribution is -0.136. The summed E-state index contributed by atoms with van der Waals surface area (Å²) in [6.07, 6.45) is 1.03. The molecule has 1 unspecified atom stereocenters. The SMILES string of the molecule is CCC1NN(c2ccc(C(=N)N)cc2)C(=O)N1c1ccc(CCC(=O)O)cc1. The maximum absolute atomic E-state index is 13.0. The van der Waals surface area contributed by atoms with Crippen molar-refractivity contribution in [2.75, 3.05) is 9.91 Å². The van der Waals surface area contributed by atoms with Crippen LogP contribution in [-0.2, 0) is 11.2 Å². The number of nitrogens with zero attached hydrogens (tertiary/aromatic N) is 2. The Morgan fingerprint density at radius 1 is 1.14 bits per heavy atom. The molecule has 1 aliphatic rings. The number of nitrogens with two attached hydrogens (primary N) is 1. The number of amides is 2. The Morgan fingerprint density at radius 3 is 2.29 bits per heavy atom. The number of nitrogen functional groups attached to an aromatic ring is 1. The number of aliphatic carboxylic acids is 1. The third-order valence-electron chi connectivity index (χ3n) is 4.65. The van der Waals surface area contributed by atoms with E-state index in [4.69, 9.17) is 16.2 Å². The van der Waals surface area contributed by atoms with E-state index in [1.54, 1.807) is 29.2 Å². The zero-order valence-electron chi connectivity index (χ0n) is 15.6. The number of carboxylic acid groups (broad SMARTS) is 1. The molecule has 8 nitrogen and oxygen atoms in total. The summed E-state index contributed by atoms with van der Waals surface area (Å²) in [6.45, 7) is 1.99. The van der Waals surface area contributed by atoms with Gasteiger partial charge in [0.25, 0.3) is 0 Å². The van der Waals surface area contributed by atoms with Crippen molar-refractivity contribution in [1.82, 2.24) is 5.43 Å². The third kappa shape index (κ3) is 3.96. The largest absolute Gasteiger partial charge is 0.481 e. The molecule has 0 aromatic heterocycles. The first-order chi connectivity index (χ1) is 13.4. The number of hydrazine groups is 1. The van der Waals surface area contributed by atoms with Crippen molar-refractivity contribution < 1.29 is 14.7 Å². The lowest BCUT2D eigenvalue weighted by Crippen LogP contribution is -2.37. The van der Waals surface area contributed by atoms with Gasteiger partial charge in [-0.2, -0.15) is 0 Å². The van der Waals surface area contributed by atoms with Crippen LogP contribution in [-0.4, -0.2) is 29.1 Å². The predicted molar refractivity (Wildman–Crippen MR) is 107 cm³/mol. The molecule has 0 bridgehead atoms. The molecule has 1 heterocycles. The Labute approximate surface area is 163 Å². The molecule has 0 aliphatic carbocycles. The Hall–Kier alpha value is -3.39. The van der Waals surface area contributed by atoms with Gasteiger partial charge in [-0.25, -0.2) is 15.2 Å². The average Bonchev–Trinajstić information content (AvgIpc) is 3.03. The first-order valence-corrected chi connectivity index (χ1v) is 9.05. The first kappa shape index (κ1) is 19.4. The van der Waals surface area contributed by atoms with Crippen LogP contribution in [0.25, 0.3) is 0 Å². The first-order valence-electron chi connectivity index (χ1n) is 9.05. The summed E-state index contributed by atoms with van der Waals surface area (Å²) in [5, 5.41) is 17.8. The number of aryl methyl sites for hydroxylation is 1. The molecule has 3 rings (SSSR count). The lowest BCUT2D eigenvalue weighted by Gasteiger charge is -2.21. The van der Waals surface area contributed by atoms with Crippen LogP contribution in [0, 0.1) is 5.41 Å². The predicted octanol–water partition coefficient (Wildman–Crippen LogP) is 2.68. The van der Waals surface area contributed by atoms with Crippen molar-refractivity contribution in [3.05, 3.63) is 59.7 Å². The van der Waals surface area contributed by atoms with Crippen LogP contribution in [0.15, 0.2) is 48.5 Å². The fraction of sp³-hybridized carbons (Fsp3) is 0.250. The van der Waals surface area contributed by atoms with Gasteiger partial charge in [0.2, 0.25) is 0 Å². The standard InChI is InChI=1S/C20H23N5O3/c1-2-17-23-25(16-10-6-14(7-11-16)19(21)22)20(28)24(17)15-8-3-13(4-9-15)5-12-18(26)27/h3-4,6-11,17,23H,2,5,12H2,1H3,(H3,21,22)(H,26,27). The number of urea groups is 1. The van der Waals surface area contributed by atoms with Gasteiger partial charge in [-0.15, -0.1) is 0 Å². The topological polar surface area (TPSA) is 123 Å². The second kappa shape index (κ2) is 8.10. The third-order valence-corrected chi connectivity index (χ3v) is 4.65. The molecule has 0 radical (unpaired) electrons. The van der Waals surface area contributed by atoms with Crippen LogP contribution < -0.4 is 21.1 Å². The van der Waals surface area contributed by atoms with E-state index in [1.807, 2.05) is 31.2 Å². The number of hydrogen-bond acceptors (Lipinski definition) is 4. The number of carboxylic acids is 1. The molecule has 1 atom stereocenters. The van der Waals surface area contributed by atoms with Gasteiger partial charge in [0.15, 0.2) is 0 Å². The maximum Gasteiger partial charge on any atom is 0.345 e. The van der Waals surface area contributed by atoms with E-state index in [2.05, 4.69) is 5.43 Å². The number of hydrogen-bond donors (Lipinski definition) is 4. The van der Waals surface area contributed by atoms with Crippen LogP contribution in [0.5, 0.6) is 0 Å². The zero-order chi connectivity index (χ0) is 20.3. The minimum absolute atomic E-state index is 0.0247. The molecule has 0 spiro atoms. The molecule has 0 saturated carbocycles. The summed E-state index contributed by atoms with van der Waals surface area (Å²) in [7, 11) is 0. The summed E-state index contributed by atoms with van der Waals surface area (Å²) < 4.78 is 0. The summed E-state index contributed by atoms with van der Waals surface area (Å²) >= 11 is 0. The van der Waals surface area contributed by atoms with Gasteiger partial charge in [-0.05, 0) is 54.8 Å². The van der Waals surface area contributed by atoms with Gasteiger partial charge in [0.05, 0.1) is 5.69 Å². The van der Waals surface area contributed by atoms with Crippen molar-refractivity contribution in [3.8, 4) is 0 Å². The molecule has 8 heteroatoms. The van der Waals surface area contributed by atoms with Crippen LogP contribution in [0.3, 0.4) is 0 Å². The molecule has 1 aliphatic heterocycles. The highest BCUT2D eigenvalue weighted by Gasteiger charge is 2.37. The van der Waals surface area contributed by atoms with Crippen LogP contribution >= 0.6 is 0 Å². The van der Waals surface area contributed by atoms with Gasteiger partial charge >= 0.3 is 12.0 Å². The Balaban J connectivity index is 1.80. The summed E-state index contributed by atoms with van der Waals surface area (Å²) in [6, 6.07) is 14.1. The molecule has 1 fully saturated rings. The Kier molecular flexibility index (Phi) is 5.60. The van der Waals surface area contributed by atoms with Crippen molar-refractivity contribution in [2.45, 2.75) is 32.4 Å². The number of rotatable bonds is 7. The lowest BCUT2D eigenvalue weighted by atomic mass is 10.1. The van der Waals surface area contributed by atoms with Crippen molar-refractivity contribution in [3.63, 3.8) is 0 Å². The fourth-order valence-corrected chi connectivity index (χ4v) is 3.12. The summed E-state index contributed by atoms with van der Waals surface area (Å²) in [5.74, 6) is -0.858. The molecule has 2 amide bonds. The van der Waals surface area contributed by atoms with Crippen molar-refractivity contribution in [2.24, 2.45) is 5.73 Å². The van der Waals surface area contributed by atoms with Crippen LogP contribution in [0.1, 0.15) is 30.9 Å². The van der Waals surface area contributed by atoms with Crippen molar-refractivity contribution in [1.29, 1.82) is 5.41 Å². The molecule has 2 aromatic rings. The monoisotopic (exact) mass is 381 g/mol. The highest BCUT2D eigenvalue weighted by molar-refractivity contribution is 6.06. The average molecular weight is 381 g/mol. The number of carbonyl (C=O) groups excluding carboxylic acids is 1. The van der Waals surface area contributed by atoms with E-state index < -0.39 is 5.97 Å². The number of anilines is 2. The quantitative estimate of drug-likeness (QED) is 0.434. The molecular weight excluding hydrogens is 358 g/mol. The van der Waals surface area contributed by atoms with E-state index in [9.17, 15) is 9.59 Å². The highest BCUT2D eigenvalue weighted by Crippen LogP contribution is 2.28. The molecule has 28 heavy (non-hydrogen) atoms. The van der Waals surface area contributed by atoms with Gasteiger partial charge in [0.1, 0.15) is 12.0 Å². The second-order valence-corrected chi connectivity index (χ2v) is 6.56. The summed E-state index contributed by atoms with van der Waals surface area (Å²) in [4.78, 5) is 25.4. The van der Waals surface area contributed by atoms with Gasteiger partial charge in [0, 0.05) is 17.7 Å². The number of amidine groups is 1. The number of benzene rings is 2. The number of carbonyl (C=O) groups is 2. The smallest absolute Gasteiger partial charge is 0.345 e. The highest BCUT2D eigenvalue weighted by atomic mass is 16.4. The summed E-state index contributed by atoms with van der Waals surface area (Å²) in [5.41, 5.74) is 11.6. The van der Waals surface area contributed by atoms with Gasteiger partial charge in [-0.1, -0.05) is 19.1 Å². The number of nitrogens with one attached hydrogen (secondary N) is 2. The zero-order valence-corrected chi connectivity index (χ0v) is 15.6. The normalized spacial score (nSPS) is 16.5. The van der Waals surface area contributed by atoms with E-state index in [0.717, 1.165) is 11.3 Å². The van der Waals surface area contributed by atoms with Crippen LogP contribution in [0.2, 0.25) is 0 Å². The van der Waals surface area contributed by atoms with E-state index in [0.29, 0.717) is 24.1 Å². The van der Waals surface area contributed by atoms with E-state index in [1.165, 1.54) is 5.01 Å². The van der Waals surface area contributed by atoms with Crippen LogP contribution in [0.4, 0.5) is 16.2 Å². The fourth-order valence-electron chi connectivity index (χ4n) is 3.12. The molecule has 2 aromatic carbocycles. The minimum Gasteiger partial charge on any atom is -0.481 e. The van der Waals surface area contributed by atoms with E-state index in [-0.39, 0.29) is 24.5 Å². The Morgan fingerprint density at radius 2 is 1.75 bits per heavy atom. The van der Waals surface area contributed by atoms with Crippen molar-refractivity contribution >= 4 is 29.2 Å². The molecule has 5 N–H and O–H groups in total. The maximum atomic E-state index is 13.0. The molecule has 146 valence electrons. The van der Waals surface area contributed by atoms with Gasteiger partial charge < -0.3 is 10.8 Å². The van der Waals surface area contributed by atoms with Gasteiger partial charge in [-0.3, -0.25) is 15.1 Å². The molecule has 1 saturated heterocycles. The van der Waals surface area contributed by atoms with E-state index >= 15 is 0 Å². The molecular formula is C20H23N5O3. The second-order valence-electron chi connectivity index (χ2n) is 6.56. The minimum atomic E-state index is -0.833.